The molecule has 134 valence electrons. The fourth-order valence-corrected chi connectivity index (χ4v) is 2.63. The molecule has 2 aromatic heterocycles. The zero-order chi connectivity index (χ0) is 18.4. The van der Waals surface area contributed by atoms with Gasteiger partial charge in [-0.2, -0.15) is 16.1 Å². The summed E-state index contributed by atoms with van der Waals surface area (Å²) in [6, 6.07) is 8.65. The highest BCUT2D eigenvalue weighted by Crippen LogP contribution is 2.16. The van der Waals surface area contributed by atoms with Crippen LogP contribution in [-0.2, 0) is 20.9 Å². The number of rotatable bonds is 7. The number of anilines is 1. The summed E-state index contributed by atoms with van der Waals surface area (Å²) in [4.78, 5) is 24.7. The minimum atomic E-state index is -0.635. The van der Waals surface area contributed by atoms with Gasteiger partial charge in [0.1, 0.15) is 5.75 Å². The van der Waals surface area contributed by atoms with Crippen molar-refractivity contribution in [2.75, 3.05) is 19.0 Å². The Morgan fingerprint density at radius 3 is 2.73 bits per heavy atom. The summed E-state index contributed by atoms with van der Waals surface area (Å²) in [6.07, 6.45) is 0. The second kappa shape index (κ2) is 8.21. The number of benzene rings is 1. The molecule has 3 rings (SSSR count). The van der Waals surface area contributed by atoms with Crippen LogP contribution >= 0.6 is 11.3 Å². The van der Waals surface area contributed by atoms with Gasteiger partial charge in [0.2, 0.25) is 5.82 Å². The zero-order valence-electron chi connectivity index (χ0n) is 13.8. The molecule has 0 aliphatic rings. The third-order valence-electron chi connectivity index (χ3n) is 3.24. The Kier molecular flexibility index (Phi) is 5.54. The summed E-state index contributed by atoms with van der Waals surface area (Å²) in [7, 11) is 1.56. The summed E-state index contributed by atoms with van der Waals surface area (Å²) in [5.41, 5.74) is 1.40. The van der Waals surface area contributed by atoms with Crippen LogP contribution in [0.25, 0.3) is 11.4 Å². The van der Waals surface area contributed by atoms with Crippen molar-refractivity contribution in [1.29, 1.82) is 0 Å². The zero-order valence-corrected chi connectivity index (χ0v) is 14.6. The van der Waals surface area contributed by atoms with Crippen LogP contribution in [0, 0.1) is 0 Å². The van der Waals surface area contributed by atoms with Gasteiger partial charge in [-0.1, -0.05) is 0 Å². The normalized spacial score (nSPS) is 10.3. The lowest BCUT2D eigenvalue weighted by Crippen LogP contribution is -2.23. The first kappa shape index (κ1) is 17.5. The van der Waals surface area contributed by atoms with E-state index in [4.69, 9.17) is 9.47 Å². The number of nitrogens with zero attached hydrogens (tertiary/aromatic N) is 4. The van der Waals surface area contributed by atoms with Gasteiger partial charge in [-0.25, -0.2) is 4.79 Å². The number of tetrazole rings is 1. The molecule has 2 heterocycles. The quantitative estimate of drug-likeness (QED) is 0.627. The predicted octanol–water partition coefficient (Wildman–Crippen LogP) is 1.59. The first-order valence-corrected chi connectivity index (χ1v) is 8.48. The molecule has 10 heteroatoms. The van der Waals surface area contributed by atoms with Gasteiger partial charge in [-0.3, -0.25) is 4.79 Å². The topological polar surface area (TPSA) is 108 Å². The average Bonchev–Trinajstić information content (AvgIpc) is 3.32. The molecule has 0 radical (unpaired) electrons. The third kappa shape index (κ3) is 4.63. The molecule has 0 fully saturated rings. The fourth-order valence-electron chi connectivity index (χ4n) is 2.00. The highest BCUT2D eigenvalue weighted by molar-refractivity contribution is 7.08. The molecule has 0 aliphatic carbocycles. The smallest absolute Gasteiger partial charge is 0.330 e. The van der Waals surface area contributed by atoms with Gasteiger partial charge >= 0.3 is 5.97 Å². The van der Waals surface area contributed by atoms with Gasteiger partial charge in [-0.05, 0) is 40.9 Å². The van der Waals surface area contributed by atoms with E-state index in [0.717, 1.165) is 10.4 Å². The van der Waals surface area contributed by atoms with Gasteiger partial charge in [0.15, 0.2) is 13.2 Å². The maximum Gasteiger partial charge on any atom is 0.330 e. The summed E-state index contributed by atoms with van der Waals surface area (Å²) in [5, 5.41) is 18.1. The van der Waals surface area contributed by atoms with E-state index in [1.165, 1.54) is 11.3 Å². The Labute approximate surface area is 152 Å². The van der Waals surface area contributed by atoms with E-state index in [0.29, 0.717) is 17.3 Å². The van der Waals surface area contributed by atoms with Gasteiger partial charge < -0.3 is 14.8 Å². The molecular formula is C16H15N5O4S. The van der Waals surface area contributed by atoms with E-state index in [1.807, 2.05) is 16.8 Å². The number of hydrogen-bond donors (Lipinski definition) is 1. The van der Waals surface area contributed by atoms with Crippen LogP contribution in [0.2, 0.25) is 0 Å². The molecule has 1 N–H and O–H groups in total. The van der Waals surface area contributed by atoms with E-state index in [-0.39, 0.29) is 6.54 Å². The number of carbonyl (C=O) groups excluding carboxylic acids is 2. The van der Waals surface area contributed by atoms with E-state index in [9.17, 15) is 9.59 Å². The molecular weight excluding hydrogens is 358 g/mol. The Bertz CT molecular complexity index is 876. The summed E-state index contributed by atoms with van der Waals surface area (Å²) < 4.78 is 9.96. The first-order chi connectivity index (χ1) is 12.6. The molecule has 0 atom stereocenters. The highest BCUT2D eigenvalue weighted by atomic mass is 32.1. The Hall–Kier alpha value is -3.27. The fraction of sp³-hybridized carbons (Fsp3) is 0.188. The van der Waals surface area contributed by atoms with Crippen LogP contribution in [0.3, 0.4) is 0 Å². The number of esters is 1. The van der Waals surface area contributed by atoms with Crippen molar-refractivity contribution in [2.24, 2.45) is 0 Å². The standard InChI is InChI=1S/C16H15N5O4S/c1-24-13-4-2-12(3-5-13)17-14(22)9-25-15(23)8-21-19-16(18-20-21)11-6-7-26-10-11/h2-7,10H,8-9H2,1H3,(H,17,22). The number of nitrogens with one attached hydrogen (secondary N) is 1. The number of ether oxygens (including phenoxy) is 2. The maximum absolute atomic E-state index is 11.8. The van der Waals surface area contributed by atoms with Gasteiger partial charge in [0.25, 0.3) is 5.91 Å². The van der Waals surface area contributed by atoms with Gasteiger partial charge in [-0.15, -0.1) is 10.2 Å². The highest BCUT2D eigenvalue weighted by Gasteiger charge is 2.12. The number of carbonyl (C=O) groups is 2. The first-order valence-electron chi connectivity index (χ1n) is 7.54. The van der Waals surface area contributed by atoms with Gasteiger partial charge in [0.05, 0.1) is 7.11 Å². The van der Waals surface area contributed by atoms with Crippen molar-refractivity contribution in [1.82, 2.24) is 20.2 Å². The minimum absolute atomic E-state index is 0.229. The monoisotopic (exact) mass is 373 g/mol. The van der Waals surface area contributed by atoms with E-state index >= 15 is 0 Å². The molecule has 26 heavy (non-hydrogen) atoms. The van der Waals surface area contributed by atoms with Crippen LogP contribution < -0.4 is 10.1 Å². The SMILES string of the molecule is COc1ccc(NC(=O)COC(=O)Cn2nnc(-c3ccsc3)n2)cc1. The van der Waals surface area contributed by atoms with E-state index in [1.54, 1.807) is 31.4 Å². The average molecular weight is 373 g/mol. The van der Waals surface area contributed by atoms with Crippen molar-refractivity contribution >= 4 is 28.9 Å². The summed E-state index contributed by atoms with van der Waals surface area (Å²) in [6.45, 7) is -0.635. The van der Waals surface area contributed by atoms with Crippen molar-refractivity contribution in [3.63, 3.8) is 0 Å². The molecule has 9 nitrogen and oxygen atoms in total. The van der Waals surface area contributed by atoms with Crippen LogP contribution in [0.4, 0.5) is 5.69 Å². The summed E-state index contributed by atoms with van der Waals surface area (Å²) in [5.74, 6) is 0.0195. The molecule has 0 aliphatic heterocycles. The summed E-state index contributed by atoms with van der Waals surface area (Å²) >= 11 is 1.51. The maximum atomic E-state index is 11.8. The minimum Gasteiger partial charge on any atom is -0.497 e. The number of aromatic nitrogens is 4. The molecule has 0 saturated heterocycles. The Balaban J connectivity index is 1.45. The van der Waals surface area contributed by atoms with E-state index < -0.39 is 18.5 Å². The Morgan fingerprint density at radius 1 is 1.23 bits per heavy atom. The Morgan fingerprint density at radius 2 is 2.04 bits per heavy atom. The van der Waals surface area contributed by atoms with E-state index in [2.05, 4.69) is 20.7 Å². The second-order valence-electron chi connectivity index (χ2n) is 5.09. The molecule has 0 saturated carbocycles. The molecule has 0 spiro atoms. The molecule has 0 unspecified atom stereocenters. The van der Waals surface area contributed by atoms with Crippen molar-refractivity contribution < 1.29 is 19.1 Å². The lowest BCUT2D eigenvalue weighted by atomic mass is 10.3. The van der Waals surface area contributed by atoms with Crippen LogP contribution in [0.5, 0.6) is 5.75 Å². The largest absolute Gasteiger partial charge is 0.497 e. The van der Waals surface area contributed by atoms with Crippen molar-refractivity contribution in [2.45, 2.75) is 6.54 Å². The molecule has 0 bridgehead atoms. The lowest BCUT2D eigenvalue weighted by Gasteiger charge is -2.07. The van der Waals surface area contributed by atoms with Crippen molar-refractivity contribution in [3.05, 3.63) is 41.1 Å². The number of thiophene rings is 1. The predicted molar refractivity (Wildman–Crippen MR) is 93.7 cm³/mol. The second-order valence-corrected chi connectivity index (χ2v) is 5.87. The third-order valence-corrected chi connectivity index (χ3v) is 3.92. The number of amides is 1. The number of methoxy groups -OCH3 is 1. The van der Waals surface area contributed by atoms with Crippen LogP contribution in [-0.4, -0.2) is 45.8 Å². The molecule has 1 aromatic carbocycles. The number of hydrogen-bond acceptors (Lipinski definition) is 8. The van der Waals surface area contributed by atoms with Gasteiger partial charge in [0, 0.05) is 16.6 Å². The molecule has 1 amide bonds. The lowest BCUT2D eigenvalue weighted by molar-refractivity contribution is -0.148. The van der Waals surface area contributed by atoms with Crippen molar-refractivity contribution in [3.8, 4) is 17.1 Å². The van der Waals surface area contributed by atoms with Crippen LogP contribution in [0.1, 0.15) is 0 Å². The molecule has 3 aromatic rings. The van der Waals surface area contributed by atoms with Crippen LogP contribution in [0.15, 0.2) is 41.1 Å².